The molecule has 1 saturated heterocycles. The first kappa shape index (κ1) is 19.6. The van der Waals surface area contributed by atoms with Crippen molar-refractivity contribution >= 4 is 11.5 Å². The smallest absolute Gasteiger partial charge is 0.274 e. The van der Waals surface area contributed by atoms with E-state index in [0.29, 0.717) is 60.6 Å². The Hall–Kier alpha value is -3.36. The maximum absolute atomic E-state index is 15.1. The van der Waals surface area contributed by atoms with Crippen LogP contribution < -0.4 is 24.7 Å². The summed E-state index contributed by atoms with van der Waals surface area (Å²) in [4.78, 5) is 18.5. The van der Waals surface area contributed by atoms with Crippen molar-refractivity contribution in [2.75, 3.05) is 31.2 Å². The van der Waals surface area contributed by atoms with E-state index in [9.17, 15) is 4.79 Å². The molecule has 2 atom stereocenters. The zero-order valence-corrected chi connectivity index (χ0v) is 17.4. The molecule has 1 aromatic carbocycles. The molecule has 3 aromatic rings. The molecule has 8 nitrogen and oxygen atoms in total. The molecule has 31 heavy (non-hydrogen) atoms. The summed E-state index contributed by atoms with van der Waals surface area (Å²) in [5.74, 6) is 2.42. The first-order chi connectivity index (χ1) is 15.0. The highest BCUT2D eigenvalue weighted by molar-refractivity contribution is 5.53. The molecule has 0 N–H and O–H groups in total. The van der Waals surface area contributed by atoms with Gasteiger partial charge in [-0.15, -0.1) is 5.10 Å². The molecular formula is C22H23FN4O4. The molecule has 0 bridgehead atoms. The molecule has 2 aliphatic heterocycles. The van der Waals surface area contributed by atoms with Gasteiger partial charge in [-0.2, -0.15) is 4.52 Å². The summed E-state index contributed by atoms with van der Waals surface area (Å²) in [7, 11) is 0. The Balaban J connectivity index is 1.33. The van der Waals surface area contributed by atoms with Gasteiger partial charge in [0.25, 0.3) is 5.56 Å². The highest BCUT2D eigenvalue weighted by Gasteiger charge is 2.32. The van der Waals surface area contributed by atoms with E-state index in [0.717, 1.165) is 5.56 Å². The van der Waals surface area contributed by atoms with E-state index in [1.54, 1.807) is 25.1 Å². The maximum atomic E-state index is 15.1. The second-order valence-corrected chi connectivity index (χ2v) is 7.87. The van der Waals surface area contributed by atoms with Gasteiger partial charge in [-0.05, 0) is 37.6 Å². The molecule has 4 heterocycles. The Bertz CT molecular complexity index is 1200. The zero-order chi connectivity index (χ0) is 21.5. The van der Waals surface area contributed by atoms with E-state index in [1.807, 2.05) is 17.9 Å². The monoisotopic (exact) mass is 426 g/mol. The van der Waals surface area contributed by atoms with Gasteiger partial charge in [0.2, 0.25) is 0 Å². The normalized spacial score (nSPS) is 20.7. The van der Waals surface area contributed by atoms with Gasteiger partial charge in [-0.25, -0.2) is 9.37 Å². The third-order valence-corrected chi connectivity index (χ3v) is 5.52. The number of fused-ring (bicyclic) bond motifs is 2. The highest BCUT2D eigenvalue weighted by atomic mass is 19.1. The lowest BCUT2D eigenvalue weighted by Crippen LogP contribution is -2.47. The van der Waals surface area contributed by atoms with Crippen molar-refractivity contribution in [2.45, 2.75) is 32.5 Å². The third kappa shape index (κ3) is 3.75. The molecule has 0 radical (unpaired) electrons. The Morgan fingerprint density at radius 3 is 2.74 bits per heavy atom. The number of aryl methyl sites for hydroxylation is 2. The van der Waals surface area contributed by atoms with Crippen LogP contribution in [0.3, 0.4) is 0 Å². The summed E-state index contributed by atoms with van der Waals surface area (Å²) in [5.41, 5.74) is 1.72. The van der Waals surface area contributed by atoms with Crippen LogP contribution in [-0.2, 0) is 0 Å². The number of ether oxygens (including phenoxy) is 3. The van der Waals surface area contributed by atoms with Gasteiger partial charge < -0.3 is 19.1 Å². The molecule has 0 amide bonds. The van der Waals surface area contributed by atoms with Gasteiger partial charge in [0.15, 0.2) is 29.1 Å². The molecular weight excluding hydrogens is 403 g/mol. The van der Waals surface area contributed by atoms with Crippen LogP contribution in [-0.4, -0.2) is 53.2 Å². The second-order valence-electron chi connectivity index (χ2n) is 7.87. The van der Waals surface area contributed by atoms with Crippen molar-refractivity contribution in [2.24, 2.45) is 0 Å². The summed E-state index contributed by atoms with van der Waals surface area (Å²) in [6, 6.07) is 8.53. The number of alkyl halides is 1. The zero-order valence-electron chi connectivity index (χ0n) is 17.4. The maximum Gasteiger partial charge on any atom is 0.274 e. The lowest BCUT2D eigenvalue weighted by Gasteiger charge is -2.36. The number of halogens is 1. The van der Waals surface area contributed by atoms with Crippen LogP contribution >= 0.6 is 0 Å². The van der Waals surface area contributed by atoms with E-state index in [-0.39, 0.29) is 12.1 Å². The summed E-state index contributed by atoms with van der Waals surface area (Å²) in [5, 5.41) is 4.46. The summed E-state index contributed by atoms with van der Waals surface area (Å²) in [6.45, 7) is 5.34. The summed E-state index contributed by atoms with van der Waals surface area (Å²) >= 11 is 0. The number of aromatic nitrogens is 3. The van der Waals surface area contributed by atoms with Gasteiger partial charge >= 0.3 is 0 Å². The minimum atomic E-state index is -1.22. The topological polar surface area (TPSA) is 78.2 Å². The van der Waals surface area contributed by atoms with Crippen LogP contribution in [0.5, 0.6) is 17.2 Å². The Morgan fingerprint density at radius 2 is 1.94 bits per heavy atom. The number of benzene rings is 1. The number of hydrogen-bond donors (Lipinski definition) is 0. The molecule has 0 spiro atoms. The van der Waals surface area contributed by atoms with Crippen molar-refractivity contribution in [1.82, 2.24) is 14.6 Å². The van der Waals surface area contributed by atoms with E-state index < -0.39 is 12.3 Å². The molecule has 0 saturated carbocycles. The predicted molar refractivity (Wildman–Crippen MR) is 112 cm³/mol. The van der Waals surface area contributed by atoms with Crippen molar-refractivity contribution < 1.29 is 18.6 Å². The van der Waals surface area contributed by atoms with Gasteiger partial charge in [0.1, 0.15) is 25.1 Å². The van der Waals surface area contributed by atoms with Gasteiger partial charge in [0, 0.05) is 30.8 Å². The molecule has 1 fully saturated rings. The molecule has 2 aromatic heterocycles. The fourth-order valence-corrected chi connectivity index (χ4v) is 4.03. The minimum absolute atomic E-state index is 0.128. The first-order valence-corrected chi connectivity index (χ1v) is 10.3. The second kappa shape index (κ2) is 7.72. The highest BCUT2D eigenvalue weighted by Crippen LogP contribution is 2.35. The molecule has 2 aliphatic rings. The third-order valence-electron chi connectivity index (χ3n) is 5.52. The fraction of sp³-hybridized carbons (Fsp3) is 0.409. The minimum Gasteiger partial charge on any atom is -0.487 e. The van der Waals surface area contributed by atoms with Crippen LogP contribution in [0.25, 0.3) is 5.65 Å². The average Bonchev–Trinajstić information content (AvgIpc) is 2.74. The van der Waals surface area contributed by atoms with Crippen LogP contribution in [0, 0.1) is 13.8 Å². The molecule has 9 heteroatoms. The van der Waals surface area contributed by atoms with Crippen molar-refractivity contribution in [3.8, 4) is 17.2 Å². The molecule has 0 aliphatic carbocycles. The van der Waals surface area contributed by atoms with E-state index in [1.165, 1.54) is 10.6 Å². The number of anilines is 1. The Labute approximate surface area is 178 Å². The SMILES string of the molecule is Cc1cc(=O)n2nc(N3CC[C@H](Oc4ccc5c(c4)OCCO5)[C@H](F)C3)c(C)cc2n1. The van der Waals surface area contributed by atoms with Crippen LogP contribution in [0.1, 0.15) is 17.7 Å². The van der Waals surface area contributed by atoms with Gasteiger partial charge in [-0.3, -0.25) is 4.79 Å². The van der Waals surface area contributed by atoms with E-state index in [4.69, 9.17) is 14.2 Å². The van der Waals surface area contributed by atoms with Crippen LogP contribution in [0.4, 0.5) is 10.2 Å². The fourth-order valence-electron chi connectivity index (χ4n) is 4.03. The van der Waals surface area contributed by atoms with Crippen molar-refractivity contribution in [1.29, 1.82) is 0 Å². The van der Waals surface area contributed by atoms with Gasteiger partial charge in [-0.1, -0.05) is 0 Å². The van der Waals surface area contributed by atoms with Crippen LogP contribution in [0.2, 0.25) is 0 Å². The average molecular weight is 426 g/mol. The lowest BCUT2D eigenvalue weighted by atomic mass is 10.1. The summed E-state index contributed by atoms with van der Waals surface area (Å²) < 4.78 is 33.3. The number of hydrogen-bond acceptors (Lipinski definition) is 7. The number of rotatable bonds is 3. The lowest BCUT2D eigenvalue weighted by molar-refractivity contribution is 0.0809. The van der Waals surface area contributed by atoms with E-state index >= 15 is 4.39 Å². The standard InChI is InChI=1S/C22H23FN4O4/c1-13-9-20-24-14(2)10-21(28)27(20)25-22(13)26-6-5-17(16(23)12-26)31-15-3-4-18-19(11-15)30-8-7-29-18/h3-4,9-11,16-17H,5-8,12H2,1-2H3/t16-,17+/m1/s1. The number of piperidine rings is 1. The van der Waals surface area contributed by atoms with E-state index in [2.05, 4.69) is 10.1 Å². The predicted octanol–water partition coefficient (Wildman–Crippen LogP) is 2.47. The largest absolute Gasteiger partial charge is 0.487 e. The first-order valence-electron chi connectivity index (χ1n) is 10.3. The van der Waals surface area contributed by atoms with Crippen molar-refractivity contribution in [3.05, 3.63) is 51.9 Å². The van der Waals surface area contributed by atoms with Gasteiger partial charge in [0.05, 0.1) is 6.54 Å². The molecule has 5 rings (SSSR count). The Kier molecular flexibility index (Phi) is 4.88. The van der Waals surface area contributed by atoms with Crippen molar-refractivity contribution in [3.63, 3.8) is 0 Å². The number of nitrogens with zero attached hydrogens (tertiary/aromatic N) is 4. The molecule has 162 valence electrons. The Morgan fingerprint density at radius 1 is 1.13 bits per heavy atom. The van der Waals surface area contributed by atoms with Crippen LogP contribution in [0.15, 0.2) is 35.1 Å². The summed E-state index contributed by atoms with van der Waals surface area (Å²) in [6.07, 6.45) is -1.31. The quantitative estimate of drug-likeness (QED) is 0.637. The molecule has 0 unspecified atom stereocenters.